The van der Waals surface area contributed by atoms with Gasteiger partial charge in [0, 0.05) is 16.6 Å². The van der Waals surface area contributed by atoms with E-state index in [1.165, 1.54) is 35.7 Å². The molecule has 1 nitrogen and oxygen atoms in total. The quantitative estimate of drug-likeness (QED) is 0.883. The van der Waals surface area contributed by atoms with Crippen LogP contribution < -0.4 is 5.32 Å². The van der Waals surface area contributed by atoms with Crippen LogP contribution in [0.15, 0.2) is 28.7 Å². The van der Waals surface area contributed by atoms with Crippen LogP contribution in [0.5, 0.6) is 0 Å². The molecule has 0 spiro atoms. The van der Waals surface area contributed by atoms with E-state index in [4.69, 9.17) is 0 Å². The van der Waals surface area contributed by atoms with Crippen molar-refractivity contribution < 1.29 is 0 Å². The second-order valence-corrected chi connectivity index (χ2v) is 5.77. The van der Waals surface area contributed by atoms with Crippen molar-refractivity contribution in [1.82, 2.24) is 5.32 Å². The minimum Gasteiger partial charge on any atom is -0.311 e. The van der Waals surface area contributed by atoms with Crippen molar-refractivity contribution >= 4 is 15.9 Å². The fourth-order valence-electron chi connectivity index (χ4n) is 2.34. The predicted molar refractivity (Wildman–Crippen MR) is 66.1 cm³/mol. The molecule has 0 saturated heterocycles. The Hall–Kier alpha value is -0.340. The lowest BCUT2D eigenvalue weighted by molar-refractivity contribution is 0.289. The molecule has 1 aromatic carbocycles. The zero-order valence-corrected chi connectivity index (χ0v) is 10.3. The number of nitrogens with one attached hydrogen (secondary N) is 1. The molecule has 3 rings (SSSR count). The number of benzene rings is 1. The van der Waals surface area contributed by atoms with Gasteiger partial charge in [-0.1, -0.05) is 28.1 Å². The smallest absolute Gasteiger partial charge is 0.0175 e. The van der Waals surface area contributed by atoms with Gasteiger partial charge in [-0.2, -0.15) is 0 Å². The SMILES string of the molecule is Brc1ccc(C2CC(NC3CC3)C2)cc1. The van der Waals surface area contributed by atoms with Crippen molar-refractivity contribution in [1.29, 1.82) is 0 Å². The first kappa shape index (κ1) is 9.86. The van der Waals surface area contributed by atoms with Crippen LogP contribution in [-0.4, -0.2) is 12.1 Å². The van der Waals surface area contributed by atoms with Crippen molar-refractivity contribution in [3.63, 3.8) is 0 Å². The topological polar surface area (TPSA) is 12.0 Å². The summed E-state index contributed by atoms with van der Waals surface area (Å²) in [6.07, 6.45) is 5.47. The van der Waals surface area contributed by atoms with Gasteiger partial charge in [-0.25, -0.2) is 0 Å². The lowest BCUT2D eigenvalue weighted by atomic mass is 9.76. The lowest BCUT2D eigenvalue weighted by Crippen LogP contribution is -2.41. The first-order valence-electron chi connectivity index (χ1n) is 5.83. The molecule has 15 heavy (non-hydrogen) atoms. The lowest BCUT2D eigenvalue weighted by Gasteiger charge is -2.36. The second kappa shape index (κ2) is 3.91. The molecule has 2 fully saturated rings. The van der Waals surface area contributed by atoms with Crippen LogP contribution in [0.3, 0.4) is 0 Å². The molecule has 1 N–H and O–H groups in total. The van der Waals surface area contributed by atoms with Crippen molar-refractivity contribution in [3.05, 3.63) is 34.3 Å². The van der Waals surface area contributed by atoms with Gasteiger partial charge >= 0.3 is 0 Å². The van der Waals surface area contributed by atoms with Gasteiger partial charge in [-0.15, -0.1) is 0 Å². The summed E-state index contributed by atoms with van der Waals surface area (Å²) >= 11 is 3.48. The highest BCUT2D eigenvalue weighted by Gasteiger charge is 2.34. The van der Waals surface area contributed by atoms with Gasteiger partial charge in [-0.3, -0.25) is 0 Å². The number of hydrogen-bond donors (Lipinski definition) is 1. The van der Waals surface area contributed by atoms with Crippen molar-refractivity contribution in [2.75, 3.05) is 0 Å². The molecular formula is C13H16BrN. The minimum absolute atomic E-state index is 0.797. The first-order chi connectivity index (χ1) is 7.31. The summed E-state index contributed by atoms with van der Waals surface area (Å²) in [7, 11) is 0. The molecule has 0 amide bonds. The van der Waals surface area contributed by atoms with Crippen LogP contribution in [-0.2, 0) is 0 Å². The molecule has 0 bridgehead atoms. The molecule has 80 valence electrons. The average Bonchev–Trinajstić information content (AvgIpc) is 2.96. The molecule has 2 heteroatoms. The largest absolute Gasteiger partial charge is 0.311 e. The van der Waals surface area contributed by atoms with Crippen LogP contribution in [0, 0.1) is 0 Å². The summed E-state index contributed by atoms with van der Waals surface area (Å²) in [5.74, 6) is 0.800. The Morgan fingerprint density at radius 2 is 1.67 bits per heavy atom. The fraction of sp³-hybridized carbons (Fsp3) is 0.538. The highest BCUT2D eigenvalue weighted by atomic mass is 79.9. The Kier molecular flexibility index (Phi) is 2.57. The number of halogens is 1. The molecule has 2 saturated carbocycles. The van der Waals surface area contributed by atoms with Crippen LogP contribution in [0.4, 0.5) is 0 Å². The Morgan fingerprint density at radius 1 is 1.00 bits per heavy atom. The third-order valence-corrected chi connectivity index (χ3v) is 4.06. The van der Waals surface area contributed by atoms with Crippen LogP contribution in [0.1, 0.15) is 37.2 Å². The van der Waals surface area contributed by atoms with Crippen LogP contribution >= 0.6 is 15.9 Å². The minimum atomic E-state index is 0.797. The van der Waals surface area contributed by atoms with Gasteiger partial charge < -0.3 is 5.32 Å². The van der Waals surface area contributed by atoms with Crippen molar-refractivity contribution in [3.8, 4) is 0 Å². The van der Waals surface area contributed by atoms with Gasteiger partial charge in [0.25, 0.3) is 0 Å². The molecule has 2 aliphatic carbocycles. The van der Waals surface area contributed by atoms with Crippen molar-refractivity contribution in [2.24, 2.45) is 0 Å². The summed E-state index contributed by atoms with van der Waals surface area (Å²) in [6.45, 7) is 0. The van der Waals surface area contributed by atoms with E-state index in [9.17, 15) is 0 Å². The third kappa shape index (κ3) is 2.26. The molecule has 0 radical (unpaired) electrons. The Morgan fingerprint density at radius 3 is 2.27 bits per heavy atom. The van der Waals surface area contributed by atoms with Crippen LogP contribution in [0.25, 0.3) is 0 Å². The van der Waals surface area contributed by atoms with E-state index in [1.54, 1.807) is 0 Å². The Balaban J connectivity index is 1.55. The van der Waals surface area contributed by atoms with Gasteiger partial charge in [-0.05, 0) is 49.3 Å². The molecule has 0 aromatic heterocycles. The molecular weight excluding hydrogens is 250 g/mol. The van der Waals surface area contributed by atoms with E-state index in [0.717, 1.165) is 18.0 Å². The fourth-order valence-corrected chi connectivity index (χ4v) is 2.61. The van der Waals surface area contributed by atoms with E-state index >= 15 is 0 Å². The summed E-state index contributed by atoms with van der Waals surface area (Å²) in [5.41, 5.74) is 1.51. The van der Waals surface area contributed by atoms with Crippen molar-refractivity contribution in [2.45, 2.75) is 43.7 Å². The molecule has 1 aromatic rings. The third-order valence-electron chi connectivity index (χ3n) is 3.53. The highest BCUT2D eigenvalue weighted by Crippen LogP contribution is 2.38. The van der Waals surface area contributed by atoms with Gasteiger partial charge in [0.1, 0.15) is 0 Å². The van der Waals surface area contributed by atoms with E-state index < -0.39 is 0 Å². The summed E-state index contributed by atoms with van der Waals surface area (Å²) in [5, 5.41) is 3.69. The maximum absolute atomic E-state index is 3.69. The molecule has 0 heterocycles. The van der Waals surface area contributed by atoms with E-state index in [1.807, 2.05) is 0 Å². The molecule has 0 atom stereocenters. The molecule has 2 aliphatic rings. The molecule has 0 aliphatic heterocycles. The van der Waals surface area contributed by atoms with Crippen LogP contribution in [0.2, 0.25) is 0 Å². The Labute approximate surface area is 99.4 Å². The summed E-state index contributed by atoms with van der Waals surface area (Å²) < 4.78 is 1.18. The summed E-state index contributed by atoms with van der Waals surface area (Å²) in [6, 6.07) is 10.5. The summed E-state index contributed by atoms with van der Waals surface area (Å²) in [4.78, 5) is 0. The molecule has 0 unspecified atom stereocenters. The van der Waals surface area contributed by atoms with Gasteiger partial charge in [0.15, 0.2) is 0 Å². The highest BCUT2D eigenvalue weighted by molar-refractivity contribution is 9.10. The zero-order chi connectivity index (χ0) is 10.3. The Bertz CT molecular complexity index is 336. The van der Waals surface area contributed by atoms with E-state index in [0.29, 0.717) is 0 Å². The standard InChI is InChI=1S/C13H16BrN/c14-11-3-1-9(2-4-11)10-7-13(8-10)15-12-5-6-12/h1-4,10,12-13,15H,5-8H2. The maximum Gasteiger partial charge on any atom is 0.0175 e. The van der Waals surface area contributed by atoms with Gasteiger partial charge in [0.05, 0.1) is 0 Å². The maximum atomic E-state index is 3.69. The second-order valence-electron chi connectivity index (χ2n) is 4.86. The number of rotatable bonds is 3. The number of hydrogen-bond acceptors (Lipinski definition) is 1. The van der Waals surface area contributed by atoms with E-state index in [2.05, 4.69) is 45.5 Å². The first-order valence-corrected chi connectivity index (χ1v) is 6.62. The van der Waals surface area contributed by atoms with Gasteiger partial charge in [0.2, 0.25) is 0 Å². The predicted octanol–water partition coefficient (Wildman–Crippen LogP) is 3.45. The normalized spacial score (nSPS) is 29.9. The zero-order valence-electron chi connectivity index (χ0n) is 8.75. The monoisotopic (exact) mass is 265 g/mol. The van der Waals surface area contributed by atoms with E-state index in [-0.39, 0.29) is 0 Å². The average molecular weight is 266 g/mol.